The van der Waals surface area contributed by atoms with Gasteiger partial charge >= 0.3 is 11.9 Å². The lowest BCUT2D eigenvalue weighted by molar-refractivity contribution is -0.164. The highest BCUT2D eigenvalue weighted by Crippen LogP contribution is 2.28. The molecule has 0 spiro atoms. The van der Waals surface area contributed by atoms with Crippen LogP contribution in [0, 0.1) is 5.92 Å². The average molecular weight is 288 g/mol. The van der Waals surface area contributed by atoms with Gasteiger partial charge in [-0.15, -0.1) is 0 Å². The summed E-state index contributed by atoms with van der Waals surface area (Å²) in [5.74, 6) is -2.50. The Balaban J connectivity index is 2.78. The minimum Gasteiger partial charge on any atom is -0.465 e. The first-order valence-electron chi connectivity index (χ1n) is 6.60. The van der Waals surface area contributed by atoms with Crippen LogP contribution in [0.25, 0.3) is 0 Å². The first-order chi connectivity index (χ1) is 9.11. The van der Waals surface area contributed by atoms with Gasteiger partial charge in [-0.25, -0.2) is 0 Å². The minimum atomic E-state index is -1.42. The van der Waals surface area contributed by atoms with Crippen LogP contribution in [0.2, 0.25) is 0 Å². The Morgan fingerprint density at radius 2 is 1.68 bits per heavy atom. The van der Waals surface area contributed by atoms with Crippen molar-refractivity contribution in [1.82, 2.24) is 0 Å². The van der Waals surface area contributed by atoms with Crippen LogP contribution in [-0.2, 0) is 23.9 Å². The molecule has 0 saturated carbocycles. The Labute approximate surface area is 117 Å². The van der Waals surface area contributed by atoms with E-state index in [1.54, 1.807) is 13.8 Å². The highest BCUT2D eigenvalue weighted by molar-refractivity contribution is 8.00. The normalized spacial score (nSPS) is 19.0. The predicted octanol–water partition coefficient (Wildman–Crippen LogP) is 1.58. The molecule has 1 atom stereocenters. The van der Waals surface area contributed by atoms with Crippen molar-refractivity contribution in [2.45, 2.75) is 38.4 Å². The first-order valence-corrected chi connectivity index (χ1v) is 7.65. The quantitative estimate of drug-likeness (QED) is 0.546. The monoisotopic (exact) mass is 288 g/mol. The SMILES string of the molecule is CCOC(=O)C(C(=O)OCC)C(=O)C1CCCCS1. The third kappa shape index (κ3) is 4.53. The van der Waals surface area contributed by atoms with Crippen molar-refractivity contribution in [2.75, 3.05) is 19.0 Å². The second-order valence-electron chi connectivity index (χ2n) is 4.19. The van der Waals surface area contributed by atoms with Gasteiger partial charge < -0.3 is 9.47 Å². The summed E-state index contributed by atoms with van der Waals surface area (Å²) in [6.07, 6.45) is 2.72. The maximum absolute atomic E-state index is 12.3. The number of ether oxygens (including phenoxy) is 2. The Kier molecular flexibility index (Phi) is 6.91. The molecule has 0 N–H and O–H groups in total. The van der Waals surface area contributed by atoms with E-state index in [9.17, 15) is 14.4 Å². The molecule has 0 radical (unpaired) electrons. The zero-order valence-electron chi connectivity index (χ0n) is 11.3. The summed E-state index contributed by atoms with van der Waals surface area (Å²) in [5.41, 5.74) is 0. The topological polar surface area (TPSA) is 69.7 Å². The zero-order chi connectivity index (χ0) is 14.3. The Bertz CT molecular complexity index is 318. The van der Waals surface area contributed by atoms with Gasteiger partial charge in [-0.1, -0.05) is 6.42 Å². The third-order valence-corrected chi connectivity index (χ3v) is 4.22. The molecule has 1 fully saturated rings. The molecule has 19 heavy (non-hydrogen) atoms. The number of carbonyl (C=O) groups is 3. The fourth-order valence-corrected chi connectivity index (χ4v) is 3.22. The fourth-order valence-electron chi connectivity index (χ4n) is 1.93. The number of rotatable bonds is 6. The second-order valence-corrected chi connectivity index (χ2v) is 5.51. The van der Waals surface area contributed by atoms with E-state index in [4.69, 9.17) is 9.47 Å². The number of esters is 2. The van der Waals surface area contributed by atoms with Crippen LogP contribution in [0.5, 0.6) is 0 Å². The van der Waals surface area contributed by atoms with E-state index in [0.717, 1.165) is 18.6 Å². The van der Waals surface area contributed by atoms with E-state index in [0.29, 0.717) is 6.42 Å². The fraction of sp³-hybridized carbons (Fsp3) is 0.769. The Morgan fingerprint density at radius 1 is 1.11 bits per heavy atom. The van der Waals surface area contributed by atoms with E-state index in [1.165, 1.54) is 11.8 Å². The molecule has 108 valence electrons. The van der Waals surface area contributed by atoms with Crippen molar-refractivity contribution in [1.29, 1.82) is 0 Å². The molecule has 1 heterocycles. The summed E-state index contributed by atoms with van der Waals surface area (Å²) < 4.78 is 9.63. The Hall–Kier alpha value is -1.04. The molecular formula is C13H20O5S. The molecule has 5 nitrogen and oxygen atoms in total. The summed E-state index contributed by atoms with van der Waals surface area (Å²) in [6, 6.07) is 0. The summed E-state index contributed by atoms with van der Waals surface area (Å²) in [4.78, 5) is 35.9. The van der Waals surface area contributed by atoms with E-state index in [-0.39, 0.29) is 24.2 Å². The van der Waals surface area contributed by atoms with Gasteiger partial charge in [0.2, 0.25) is 5.92 Å². The number of Topliss-reactive ketones (excluding diaryl/α,β-unsaturated/α-hetero) is 1. The van der Waals surface area contributed by atoms with Crippen LogP contribution in [0.15, 0.2) is 0 Å². The van der Waals surface area contributed by atoms with Gasteiger partial charge in [0.1, 0.15) is 0 Å². The second kappa shape index (κ2) is 8.19. The molecular weight excluding hydrogens is 268 g/mol. The molecule has 1 aliphatic heterocycles. The van der Waals surface area contributed by atoms with E-state index < -0.39 is 17.9 Å². The van der Waals surface area contributed by atoms with E-state index in [2.05, 4.69) is 0 Å². The molecule has 0 aromatic carbocycles. The number of hydrogen-bond acceptors (Lipinski definition) is 6. The van der Waals surface area contributed by atoms with Crippen LogP contribution in [0.4, 0.5) is 0 Å². The molecule has 6 heteroatoms. The van der Waals surface area contributed by atoms with Gasteiger partial charge in [-0.2, -0.15) is 11.8 Å². The molecule has 0 bridgehead atoms. The van der Waals surface area contributed by atoms with Crippen LogP contribution >= 0.6 is 11.8 Å². The molecule has 0 aliphatic carbocycles. The van der Waals surface area contributed by atoms with Gasteiger partial charge in [-0.05, 0) is 32.4 Å². The van der Waals surface area contributed by atoms with Gasteiger partial charge in [0, 0.05) is 0 Å². The number of thioether (sulfide) groups is 1. The number of hydrogen-bond donors (Lipinski definition) is 0. The van der Waals surface area contributed by atoms with Gasteiger partial charge in [0.25, 0.3) is 0 Å². The highest BCUT2D eigenvalue weighted by atomic mass is 32.2. The van der Waals surface area contributed by atoms with E-state index in [1.807, 2.05) is 0 Å². The lowest BCUT2D eigenvalue weighted by Gasteiger charge is -2.23. The number of carbonyl (C=O) groups excluding carboxylic acids is 3. The molecule has 1 unspecified atom stereocenters. The molecule has 1 rings (SSSR count). The molecule has 0 aromatic heterocycles. The molecule has 0 amide bonds. The lowest BCUT2D eigenvalue weighted by atomic mass is 9.98. The summed E-state index contributed by atoms with van der Waals surface area (Å²) >= 11 is 1.51. The van der Waals surface area contributed by atoms with Crippen LogP contribution in [0.1, 0.15) is 33.1 Å². The van der Waals surface area contributed by atoms with Crippen LogP contribution < -0.4 is 0 Å². The molecule has 0 aromatic rings. The van der Waals surface area contributed by atoms with Gasteiger partial charge in [-0.3, -0.25) is 14.4 Å². The van der Waals surface area contributed by atoms with Crippen molar-refractivity contribution in [3.63, 3.8) is 0 Å². The third-order valence-electron chi connectivity index (χ3n) is 2.83. The summed E-state index contributed by atoms with van der Waals surface area (Å²) in [6.45, 7) is 3.56. The van der Waals surface area contributed by atoms with Crippen molar-refractivity contribution >= 4 is 29.5 Å². The van der Waals surface area contributed by atoms with E-state index >= 15 is 0 Å². The van der Waals surface area contributed by atoms with Crippen molar-refractivity contribution in [3.8, 4) is 0 Å². The van der Waals surface area contributed by atoms with Crippen LogP contribution in [0.3, 0.4) is 0 Å². The largest absolute Gasteiger partial charge is 0.465 e. The lowest BCUT2D eigenvalue weighted by Crippen LogP contribution is -2.40. The number of ketones is 1. The predicted molar refractivity (Wildman–Crippen MR) is 71.9 cm³/mol. The smallest absolute Gasteiger partial charge is 0.328 e. The maximum atomic E-state index is 12.3. The maximum Gasteiger partial charge on any atom is 0.328 e. The van der Waals surface area contributed by atoms with Gasteiger partial charge in [0.15, 0.2) is 5.78 Å². The van der Waals surface area contributed by atoms with Crippen molar-refractivity contribution in [3.05, 3.63) is 0 Å². The molecule has 1 saturated heterocycles. The molecule has 1 aliphatic rings. The summed E-state index contributed by atoms with van der Waals surface area (Å²) in [5, 5.41) is -0.299. The minimum absolute atomic E-state index is 0.139. The first kappa shape index (κ1) is 16.0. The zero-order valence-corrected chi connectivity index (χ0v) is 12.2. The van der Waals surface area contributed by atoms with Gasteiger partial charge in [0.05, 0.1) is 18.5 Å². The summed E-state index contributed by atoms with van der Waals surface area (Å²) in [7, 11) is 0. The Morgan fingerprint density at radius 3 is 2.11 bits per heavy atom. The van der Waals surface area contributed by atoms with Crippen LogP contribution in [-0.4, -0.2) is 41.9 Å². The standard InChI is InChI=1S/C13H20O5S/c1-3-17-12(15)10(13(16)18-4-2)11(14)9-7-5-6-8-19-9/h9-10H,3-8H2,1-2H3. The average Bonchev–Trinajstić information content (AvgIpc) is 2.40. The highest BCUT2D eigenvalue weighted by Gasteiger charge is 2.40. The van der Waals surface area contributed by atoms with Crippen molar-refractivity contribution < 1.29 is 23.9 Å². The van der Waals surface area contributed by atoms with Crippen molar-refractivity contribution in [2.24, 2.45) is 5.92 Å².